The van der Waals surface area contributed by atoms with E-state index in [1.54, 1.807) is 14.0 Å². The van der Waals surface area contributed by atoms with Crippen molar-refractivity contribution in [3.63, 3.8) is 0 Å². The summed E-state index contributed by atoms with van der Waals surface area (Å²) in [5, 5.41) is 9.74. The summed E-state index contributed by atoms with van der Waals surface area (Å²) in [6, 6.07) is 2.97. The Bertz CT molecular complexity index is 1660. The molecule has 1 aliphatic heterocycles. The molecule has 0 saturated carbocycles. The molecule has 4 heterocycles. The maximum Gasteiger partial charge on any atom is 0.332 e. The average Bonchev–Trinajstić information content (AvgIpc) is 3.59. The molecular formula is C27H29FN4O7S. The Labute approximate surface area is 232 Å². The average molecular weight is 573 g/mol. The number of methoxy groups -OCH3 is 1. The van der Waals surface area contributed by atoms with Gasteiger partial charge in [-0.1, -0.05) is 0 Å². The van der Waals surface area contributed by atoms with E-state index >= 15 is 0 Å². The van der Waals surface area contributed by atoms with E-state index in [9.17, 15) is 23.9 Å². The molecule has 212 valence electrons. The number of aliphatic hydroxyl groups is 1. The lowest BCUT2D eigenvalue weighted by molar-refractivity contribution is -0.136. The minimum atomic E-state index is -0.973. The summed E-state index contributed by atoms with van der Waals surface area (Å²) in [7, 11) is 3.07. The van der Waals surface area contributed by atoms with Crippen LogP contribution < -0.4 is 16.0 Å². The number of oxazole rings is 1. The molecule has 0 radical (unpaired) electrons. The van der Waals surface area contributed by atoms with Crippen LogP contribution in [-0.2, 0) is 16.1 Å². The lowest BCUT2D eigenvalue weighted by Gasteiger charge is -2.30. The fourth-order valence-electron chi connectivity index (χ4n) is 5.15. The number of hydrogen-bond donors (Lipinski definition) is 1. The number of rotatable bonds is 9. The second-order valence-corrected chi connectivity index (χ2v) is 10.5. The Hall–Kier alpha value is -3.81. The van der Waals surface area contributed by atoms with Crippen molar-refractivity contribution >= 4 is 27.5 Å². The van der Waals surface area contributed by atoms with E-state index in [1.165, 1.54) is 47.2 Å². The number of amides is 1. The molecule has 3 aromatic heterocycles. The number of nitrogens with zero attached hydrogens (tertiary/aromatic N) is 4. The van der Waals surface area contributed by atoms with Gasteiger partial charge in [0.05, 0.1) is 43.3 Å². The molecule has 11 nitrogen and oxygen atoms in total. The second-order valence-electron chi connectivity index (χ2n) is 9.53. The van der Waals surface area contributed by atoms with E-state index < -0.39 is 29.2 Å². The number of piperidine rings is 1. The highest BCUT2D eigenvalue weighted by Gasteiger charge is 2.34. The summed E-state index contributed by atoms with van der Waals surface area (Å²) in [6.07, 6.45) is 2.92. The molecule has 1 aliphatic rings. The van der Waals surface area contributed by atoms with Gasteiger partial charge in [0.1, 0.15) is 34.8 Å². The van der Waals surface area contributed by atoms with Crippen molar-refractivity contribution in [1.82, 2.24) is 19.0 Å². The molecule has 40 heavy (non-hydrogen) atoms. The van der Waals surface area contributed by atoms with Crippen molar-refractivity contribution in [3.05, 3.63) is 68.4 Å². The van der Waals surface area contributed by atoms with Crippen molar-refractivity contribution < 1.29 is 28.2 Å². The lowest BCUT2D eigenvalue weighted by atomic mass is 10.0. The van der Waals surface area contributed by atoms with Gasteiger partial charge in [-0.05, 0) is 43.5 Å². The number of ether oxygens (including phenoxy) is 2. The largest absolute Gasteiger partial charge is 0.496 e. The predicted octanol–water partition coefficient (Wildman–Crippen LogP) is 2.88. The van der Waals surface area contributed by atoms with Gasteiger partial charge in [-0.15, -0.1) is 11.3 Å². The van der Waals surface area contributed by atoms with Gasteiger partial charge in [-0.3, -0.25) is 14.2 Å². The maximum atomic E-state index is 14.4. The molecule has 1 saturated heterocycles. The minimum absolute atomic E-state index is 0.0984. The van der Waals surface area contributed by atoms with Gasteiger partial charge in [0, 0.05) is 19.2 Å². The molecule has 2 atom stereocenters. The predicted molar refractivity (Wildman–Crippen MR) is 145 cm³/mol. The summed E-state index contributed by atoms with van der Waals surface area (Å²) in [6.45, 7) is 1.70. The standard InChI is InChI=1S/C27H29FN4O7S/c1-15-21-25(35)32(18-5-4-9-30(2)24(18)34)27(36)31(26(21)40-22(15)23-29-8-11-39-23)14-20(38-12-10-33)17-13-16(28)6-7-19(17)37-3/h6-8,11,13,18,20,33H,4-5,9-10,12,14H2,1-3H3. The van der Waals surface area contributed by atoms with Crippen molar-refractivity contribution in [2.75, 3.05) is 33.9 Å². The first-order chi connectivity index (χ1) is 19.3. The Morgan fingerprint density at radius 1 is 1.30 bits per heavy atom. The van der Waals surface area contributed by atoms with Crippen molar-refractivity contribution in [2.24, 2.45) is 0 Å². The van der Waals surface area contributed by atoms with Crippen molar-refractivity contribution in [3.8, 4) is 16.5 Å². The molecule has 1 fully saturated rings. The first-order valence-corrected chi connectivity index (χ1v) is 13.6. The van der Waals surface area contributed by atoms with Gasteiger partial charge in [0.2, 0.25) is 11.8 Å². The zero-order valence-electron chi connectivity index (χ0n) is 22.3. The molecule has 2 unspecified atom stereocenters. The Balaban J connectivity index is 1.77. The number of aryl methyl sites for hydroxylation is 1. The van der Waals surface area contributed by atoms with E-state index in [-0.39, 0.29) is 36.9 Å². The first-order valence-electron chi connectivity index (χ1n) is 12.8. The van der Waals surface area contributed by atoms with Crippen LogP contribution >= 0.6 is 11.3 Å². The molecule has 1 N–H and O–H groups in total. The highest BCUT2D eigenvalue weighted by molar-refractivity contribution is 7.22. The van der Waals surface area contributed by atoms with Crippen molar-refractivity contribution in [2.45, 2.75) is 38.5 Å². The molecule has 1 aromatic carbocycles. The van der Waals surface area contributed by atoms with Crippen LogP contribution in [0.25, 0.3) is 21.0 Å². The molecule has 1 amide bonds. The highest BCUT2D eigenvalue weighted by Crippen LogP contribution is 2.37. The van der Waals surface area contributed by atoms with E-state index in [4.69, 9.17) is 13.9 Å². The van der Waals surface area contributed by atoms with Gasteiger partial charge >= 0.3 is 5.69 Å². The number of hydrogen-bond acceptors (Lipinski definition) is 9. The summed E-state index contributed by atoms with van der Waals surface area (Å²) < 4.78 is 33.6. The SMILES string of the molecule is COc1ccc(F)cc1C(Cn1c(=O)n(C2CCCN(C)C2=O)c(=O)c2c(C)c(-c3ncco3)sc21)OCCO. The smallest absolute Gasteiger partial charge is 0.332 e. The number of carbonyl (C=O) groups excluding carboxylic acids is 1. The van der Waals surface area contributed by atoms with E-state index in [0.717, 1.165) is 15.9 Å². The highest BCUT2D eigenvalue weighted by atomic mass is 32.1. The number of likely N-dealkylation sites (tertiary alicyclic amines) is 1. The van der Waals surface area contributed by atoms with Crippen LogP contribution in [0.3, 0.4) is 0 Å². The van der Waals surface area contributed by atoms with Crippen LogP contribution in [0.4, 0.5) is 4.39 Å². The van der Waals surface area contributed by atoms with E-state index in [0.29, 0.717) is 46.0 Å². The summed E-state index contributed by atoms with van der Waals surface area (Å²) >= 11 is 1.16. The maximum absolute atomic E-state index is 14.4. The van der Waals surface area contributed by atoms with Gasteiger partial charge < -0.3 is 23.9 Å². The molecule has 5 rings (SSSR count). The third-order valence-electron chi connectivity index (χ3n) is 7.11. The normalized spacial score (nSPS) is 16.6. The molecule has 0 bridgehead atoms. The quantitative estimate of drug-likeness (QED) is 0.324. The number of halogens is 1. The topological polar surface area (TPSA) is 129 Å². The third-order valence-corrected chi connectivity index (χ3v) is 8.41. The monoisotopic (exact) mass is 572 g/mol. The molecular weight excluding hydrogens is 543 g/mol. The van der Waals surface area contributed by atoms with Gasteiger partial charge in [-0.2, -0.15) is 0 Å². The summed E-state index contributed by atoms with van der Waals surface area (Å²) in [4.78, 5) is 47.8. The zero-order chi connectivity index (χ0) is 28.6. The van der Waals surface area contributed by atoms with Gasteiger partial charge in [0.25, 0.3) is 5.56 Å². The molecule has 4 aromatic rings. The van der Waals surface area contributed by atoms with Crippen LogP contribution in [0.2, 0.25) is 0 Å². The Morgan fingerprint density at radius 2 is 2.10 bits per heavy atom. The van der Waals surface area contributed by atoms with Crippen LogP contribution in [0.5, 0.6) is 5.75 Å². The molecule has 0 spiro atoms. The zero-order valence-corrected chi connectivity index (χ0v) is 23.1. The number of aliphatic hydroxyl groups excluding tert-OH is 1. The Kier molecular flexibility index (Phi) is 7.88. The number of aromatic nitrogens is 3. The number of likely N-dealkylation sites (N-methyl/N-ethyl adjacent to an activating group) is 1. The molecule has 0 aliphatic carbocycles. The fourth-order valence-corrected chi connectivity index (χ4v) is 6.39. The lowest BCUT2D eigenvalue weighted by Crippen LogP contribution is -2.49. The van der Waals surface area contributed by atoms with Crippen LogP contribution in [0.15, 0.2) is 44.7 Å². The number of carbonyl (C=O) groups is 1. The summed E-state index contributed by atoms with van der Waals surface area (Å²) in [5.74, 6) is -0.243. The van der Waals surface area contributed by atoms with Crippen LogP contribution in [-0.4, -0.2) is 63.9 Å². The van der Waals surface area contributed by atoms with Crippen molar-refractivity contribution in [1.29, 1.82) is 0 Å². The number of benzene rings is 1. The van der Waals surface area contributed by atoms with Gasteiger partial charge in [0.15, 0.2) is 0 Å². The van der Waals surface area contributed by atoms with Crippen LogP contribution in [0, 0.1) is 12.7 Å². The molecule has 13 heteroatoms. The second kappa shape index (κ2) is 11.4. The van der Waals surface area contributed by atoms with Gasteiger partial charge in [-0.25, -0.2) is 18.7 Å². The summed E-state index contributed by atoms with van der Waals surface area (Å²) in [5.41, 5.74) is -0.391. The van der Waals surface area contributed by atoms with Crippen LogP contribution in [0.1, 0.15) is 36.1 Å². The Morgan fingerprint density at radius 3 is 2.80 bits per heavy atom. The first kappa shape index (κ1) is 27.7. The van der Waals surface area contributed by atoms with E-state index in [1.807, 2.05) is 0 Å². The number of fused-ring (bicyclic) bond motifs is 1. The minimum Gasteiger partial charge on any atom is -0.496 e. The fraction of sp³-hybridized carbons (Fsp3) is 0.407. The van der Waals surface area contributed by atoms with E-state index in [2.05, 4.69) is 4.98 Å². The number of thiophene rings is 1. The third kappa shape index (κ3) is 4.84.